The summed E-state index contributed by atoms with van der Waals surface area (Å²) in [4.78, 5) is 13.2. The molecule has 2 heterocycles. The van der Waals surface area contributed by atoms with Crippen LogP contribution in [0.5, 0.6) is 5.75 Å². The molecule has 7 heteroatoms. The predicted octanol–water partition coefficient (Wildman–Crippen LogP) is 3.64. The van der Waals surface area contributed by atoms with E-state index in [2.05, 4.69) is 20.3 Å². The van der Waals surface area contributed by atoms with Crippen LogP contribution in [0, 0.1) is 0 Å². The molecule has 0 spiro atoms. The maximum absolute atomic E-state index is 10.0. The van der Waals surface area contributed by atoms with Gasteiger partial charge in [0.25, 0.3) is 0 Å². The molecular formula is C22H27N5O2. The van der Waals surface area contributed by atoms with Crippen molar-refractivity contribution in [1.82, 2.24) is 15.0 Å². The average molecular weight is 393 g/mol. The van der Waals surface area contributed by atoms with Gasteiger partial charge in [-0.1, -0.05) is 6.07 Å². The molecule has 2 aromatic heterocycles. The highest BCUT2D eigenvalue weighted by Crippen LogP contribution is 2.31. The largest absolute Gasteiger partial charge is 0.488 e. The third kappa shape index (κ3) is 4.56. The van der Waals surface area contributed by atoms with E-state index in [-0.39, 0.29) is 6.10 Å². The fourth-order valence-corrected chi connectivity index (χ4v) is 3.71. The zero-order valence-corrected chi connectivity index (χ0v) is 16.8. The van der Waals surface area contributed by atoms with Crippen molar-refractivity contribution in [3.05, 3.63) is 48.4 Å². The number of nitrogens with one attached hydrogen (secondary N) is 1. The molecule has 0 unspecified atom stereocenters. The second-order valence-electron chi connectivity index (χ2n) is 8.17. The lowest BCUT2D eigenvalue weighted by Crippen LogP contribution is -2.31. The van der Waals surface area contributed by atoms with Gasteiger partial charge < -0.3 is 20.9 Å². The number of aliphatic hydroxyl groups is 1. The van der Waals surface area contributed by atoms with Crippen LogP contribution < -0.4 is 15.8 Å². The van der Waals surface area contributed by atoms with Crippen LogP contribution >= 0.6 is 0 Å². The SMILES string of the molecule is CC(C)(O)c1ccc(NC2CCC(Oc3cc(N)cc4nccnc34)CC2)nc1. The number of aromatic nitrogens is 3. The lowest BCUT2D eigenvalue weighted by molar-refractivity contribution is 0.0782. The van der Waals surface area contributed by atoms with Crippen molar-refractivity contribution in [1.29, 1.82) is 0 Å². The van der Waals surface area contributed by atoms with Gasteiger partial charge in [-0.2, -0.15) is 0 Å². The Balaban J connectivity index is 1.35. The van der Waals surface area contributed by atoms with Crippen molar-refractivity contribution in [2.75, 3.05) is 11.1 Å². The van der Waals surface area contributed by atoms with Crippen LogP contribution in [0.25, 0.3) is 11.0 Å². The third-order valence-corrected chi connectivity index (χ3v) is 5.35. The Bertz CT molecular complexity index is 977. The van der Waals surface area contributed by atoms with Gasteiger partial charge in [-0.05, 0) is 51.7 Å². The minimum Gasteiger partial charge on any atom is -0.488 e. The molecule has 4 N–H and O–H groups in total. The van der Waals surface area contributed by atoms with Crippen LogP contribution in [0.4, 0.5) is 11.5 Å². The van der Waals surface area contributed by atoms with E-state index in [9.17, 15) is 5.11 Å². The Hall–Kier alpha value is -2.93. The number of anilines is 2. The molecule has 0 amide bonds. The molecule has 0 bridgehead atoms. The predicted molar refractivity (Wildman–Crippen MR) is 114 cm³/mol. The number of hydrogen-bond acceptors (Lipinski definition) is 7. The molecule has 0 atom stereocenters. The van der Waals surface area contributed by atoms with E-state index in [1.165, 1.54) is 0 Å². The first-order valence-corrected chi connectivity index (χ1v) is 10.0. The van der Waals surface area contributed by atoms with Crippen LogP contribution in [0.2, 0.25) is 0 Å². The number of nitrogens with zero attached hydrogens (tertiary/aromatic N) is 3. The topological polar surface area (TPSA) is 106 Å². The van der Waals surface area contributed by atoms with Crippen molar-refractivity contribution in [3.63, 3.8) is 0 Å². The minimum absolute atomic E-state index is 0.130. The van der Waals surface area contributed by atoms with Crippen LogP contribution in [-0.4, -0.2) is 32.2 Å². The Morgan fingerprint density at radius 1 is 1.07 bits per heavy atom. The van der Waals surface area contributed by atoms with E-state index >= 15 is 0 Å². The summed E-state index contributed by atoms with van der Waals surface area (Å²) in [5.41, 5.74) is 8.04. The van der Waals surface area contributed by atoms with E-state index in [4.69, 9.17) is 10.5 Å². The van der Waals surface area contributed by atoms with E-state index < -0.39 is 5.60 Å². The smallest absolute Gasteiger partial charge is 0.149 e. The summed E-state index contributed by atoms with van der Waals surface area (Å²) in [5.74, 6) is 1.54. The molecule has 4 rings (SSSR count). The first-order valence-electron chi connectivity index (χ1n) is 10.0. The van der Waals surface area contributed by atoms with E-state index in [1.54, 1.807) is 32.4 Å². The van der Waals surface area contributed by atoms with Crippen LogP contribution in [-0.2, 0) is 5.60 Å². The Kier molecular flexibility index (Phi) is 5.24. The molecule has 29 heavy (non-hydrogen) atoms. The second kappa shape index (κ2) is 7.83. The molecule has 1 fully saturated rings. The average Bonchev–Trinajstić information content (AvgIpc) is 2.69. The first-order chi connectivity index (χ1) is 13.9. The molecule has 0 saturated heterocycles. The number of nitrogen functional groups attached to an aromatic ring is 1. The van der Waals surface area contributed by atoms with Gasteiger partial charge in [-0.3, -0.25) is 4.98 Å². The molecule has 1 aliphatic carbocycles. The summed E-state index contributed by atoms with van der Waals surface area (Å²) >= 11 is 0. The monoisotopic (exact) mass is 393 g/mol. The van der Waals surface area contributed by atoms with Gasteiger partial charge in [0.05, 0.1) is 17.2 Å². The van der Waals surface area contributed by atoms with E-state index in [0.717, 1.165) is 48.1 Å². The van der Waals surface area contributed by atoms with Crippen molar-refractivity contribution >= 4 is 22.5 Å². The lowest BCUT2D eigenvalue weighted by atomic mass is 9.93. The Labute approximate surface area is 170 Å². The fraction of sp³-hybridized carbons (Fsp3) is 0.409. The van der Waals surface area contributed by atoms with Gasteiger partial charge in [0.2, 0.25) is 0 Å². The maximum atomic E-state index is 10.0. The molecule has 3 aromatic rings. The molecule has 7 nitrogen and oxygen atoms in total. The van der Waals surface area contributed by atoms with Crippen LogP contribution in [0.15, 0.2) is 42.9 Å². The normalized spacial score (nSPS) is 19.8. The van der Waals surface area contributed by atoms with Gasteiger partial charge in [0.1, 0.15) is 17.1 Å². The summed E-state index contributed by atoms with van der Waals surface area (Å²) in [7, 11) is 0. The Morgan fingerprint density at radius 3 is 2.52 bits per heavy atom. The van der Waals surface area contributed by atoms with Gasteiger partial charge >= 0.3 is 0 Å². The molecule has 0 aliphatic heterocycles. The van der Waals surface area contributed by atoms with Gasteiger partial charge in [-0.25, -0.2) is 9.97 Å². The standard InChI is InChI=1S/C22H27N5O2/c1-22(2,28)14-3-8-20(26-13-14)27-16-4-6-17(7-5-16)29-19-12-15(23)11-18-21(19)25-10-9-24-18/h3,8-13,16-17,28H,4-7,23H2,1-2H3,(H,26,27). The zero-order chi connectivity index (χ0) is 20.4. The summed E-state index contributed by atoms with van der Waals surface area (Å²) in [6.45, 7) is 3.51. The number of nitrogens with two attached hydrogens (primary N) is 1. The van der Waals surface area contributed by atoms with E-state index in [1.807, 2.05) is 24.3 Å². The zero-order valence-electron chi connectivity index (χ0n) is 16.8. The highest BCUT2D eigenvalue weighted by Gasteiger charge is 2.24. The quantitative estimate of drug-likeness (QED) is 0.568. The maximum Gasteiger partial charge on any atom is 0.149 e. The second-order valence-corrected chi connectivity index (χ2v) is 8.17. The van der Waals surface area contributed by atoms with Gasteiger partial charge in [-0.15, -0.1) is 0 Å². The fourth-order valence-electron chi connectivity index (χ4n) is 3.71. The number of ether oxygens (including phenoxy) is 1. The lowest BCUT2D eigenvalue weighted by Gasteiger charge is -2.30. The number of rotatable bonds is 5. The van der Waals surface area contributed by atoms with E-state index in [0.29, 0.717) is 17.5 Å². The number of hydrogen-bond donors (Lipinski definition) is 3. The number of fused-ring (bicyclic) bond motifs is 1. The van der Waals surface area contributed by atoms with Crippen molar-refractivity contribution in [2.24, 2.45) is 0 Å². The van der Waals surface area contributed by atoms with Crippen molar-refractivity contribution in [3.8, 4) is 5.75 Å². The minimum atomic E-state index is -0.879. The summed E-state index contributed by atoms with van der Waals surface area (Å²) in [6, 6.07) is 7.83. The molecular weight excluding hydrogens is 366 g/mol. The van der Waals surface area contributed by atoms with Crippen molar-refractivity contribution in [2.45, 2.75) is 57.3 Å². The third-order valence-electron chi connectivity index (χ3n) is 5.35. The summed E-state index contributed by atoms with van der Waals surface area (Å²) in [6.07, 6.45) is 9.05. The summed E-state index contributed by atoms with van der Waals surface area (Å²) in [5, 5.41) is 13.5. The molecule has 1 aromatic carbocycles. The van der Waals surface area contributed by atoms with Crippen LogP contribution in [0.3, 0.4) is 0 Å². The molecule has 1 saturated carbocycles. The molecule has 0 radical (unpaired) electrons. The van der Waals surface area contributed by atoms with Gasteiger partial charge in [0.15, 0.2) is 0 Å². The Morgan fingerprint density at radius 2 is 1.83 bits per heavy atom. The number of pyridine rings is 1. The summed E-state index contributed by atoms with van der Waals surface area (Å²) < 4.78 is 6.25. The highest BCUT2D eigenvalue weighted by atomic mass is 16.5. The molecule has 1 aliphatic rings. The molecule has 152 valence electrons. The van der Waals surface area contributed by atoms with Gasteiger partial charge in [0, 0.05) is 41.9 Å². The van der Waals surface area contributed by atoms with Crippen LogP contribution in [0.1, 0.15) is 45.1 Å². The number of benzene rings is 1. The highest BCUT2D eigenvalue weighted by molar-refractivity contribution is 5.84. The van der Waals surface area contributed by atoms with Crippen molar-refractivity contribution < 1.29 is 9.84 Å². The first kappa shape index (κ1) is 19.4.